The van der Waals surface area contributed by atoms with Gasteiger partial charge in [0.25, 0.3) is 0 Å². The first kappa shape index (κ1) is 15.2. The Balaban J connectivity index is 2.01. The van der Waals surface area contributed by atoms with Gasteiger partial charge in [0.2, 0.25) is 0 Å². The summed E-state index contributed by atoms with van der Waals surface area (Å²) in [5.74, 6) is -0.929. The Labute approximate surface area is 122 Å². The minimum absolute atomic E-state index is 0.0953. The molecule has 20 heavy (non-hydrogen) atoms. The number of methoxy groups -OCH3 is 2. The minimum atomic E-state index is -0.929. The molecule has 1 N–H and O–H groups in total. The monoisotopic (exact) mass is 297 g/mol. The zero-order valence-corrected chi connectivity index (χ0v) is 12.4. The number of hydrogen-bond acceptors (Lipinski definition) is 5. The van der Waals surface area contributed by atoms with Crippen LogP contribution in [0.1, 0.15) is 10.4 Å². The molecule has 2 atom stereocenters. The van der Waals surface area contributed by atoms with Crippen molar-refractivity contribution in [3.8, 4) is 0 Å². The topological polar surface area (TPSA) is 59.0 Å². The Morgan fingerprint density at radius 2 is 2.10 bits per heavy atom. The number of carbonyl (C=O) groups is 1. The van der Waals surface area contributed by atoms with Crippen LogP contribution < -0.4 is 0 Å². The van der Waals surface area contributed by atoms with Gasteiger partial charge in [-0.25, -0.2) is 4.79 Å². The summed E-state index contributed by atoms with van der Waals surface area (Å²) >= 11 is 1.64. The number of aliphatic carboxylic acids is 1. The summed E-state index contributed by atoms with van der Waals surface area (Å²) in [4.78, 5) is 14.0. The fraction of sp³-hybridized carbons (Fsp3) is 0.500. The number of hydrogen-bond donors (Lipinski definition) is 1. The number of ether oxygens (including phenoxy) is 2. The van der Waals surface area contributed by atoms with Gasteiger partial charge < -0.3 is 14.6 Å². The number of rotatable bonds is 6. The highest BCUT2D eigenvalue weighted by atomic mass is 32.1. The third-order valence-electron chi connectivity index (χ3n) is 3.45. The number of carboxylic acid groups (broad SMARTS) is 1. The first-order valence-corrected chi connectivity index (χ1v) is 7.27. The Hall–Kier alpha value is -1.21. The molecule has 1 aromatic heterocycles. The van der Waals surface area contributed by atoms with E-state index < -0.39 is 5.97 Å². The van der Waals surface area contributed by atoms with E-state index in [2.05, 4.69) is 4.90 Å². The maximum Gasteiger partial charge on any atom is 0.328 e. The van der Waals surface area contributed by atoms with E-state index in [-0.39, 0.29) is 12.2 Å². The van der Waals surface area contributed by atoms with Crippen LogP contribution in [0.15, 0.2) is 17.5 Å². The lowest BCUT2D eigenvalue weighted by Gasteiger charge is -2.14. The van der Waals surface area contributed by atoms with Crippen molar-refractivity contribution >= 4 is 23.4 Å². The Morgan fingerprint density at radius 3 is 2.65 bits per heavy atom. The summed E-state index contributed by atoms with van der Waals surface area (Å²) in [6, 6.07) is 1.94. The molecule has 0 amide bonds. The average Bonchev–Trinajstić information content (AvgIpc) is 3.03. The van der Waals surface area contributed by atoms with Crippen LogP contribution in [0.2, 0.25) is 0 Å². The number of likely N-dealkylation sites (tertiary alicyclic amines) is 1. The zero-order chi connectivity index (χ0) is 14.5. The van der Waals surface area contributed by atoms with Crippen molar-refractivity contribution in [2.75, 3.05) is 27.3 Å². The van der Waals surface area contributed by atoms with Crippen LogP contribution >= 0.6 is 11.3 Å². The summed E-state index contributed by atoms with van der Waals surface area (Å²) < 4.78 is 10.8. The largest absolute Gasteiger partial charge is 0.478 e. The maximum absolute atomic E-state index is 10.6. The van der Waals surface area contributed by atoms with Crippen molar-refractivity contribution in [2.24, 2.45) is 0 Å². The third-order valence-corrected chi connectivity index (χ3v) is 4.37. The van der Waals surface area contributed by atoms with Gasteiger partial charge in [0.05, 0.1) is 12.2 Å². The second-order valence-electron chi connectivity index (χ2n) is 4.71. The Bertz CT molecular complexity index is 473. The molecule has 1 aliphatic heterocycles. The van der Waals surface area contributed by atoms with Crippen molar-refractivity contribution < 1.29 is 19.4 Å². The molecule has 5 nitrogen and oxygen atoms in total. The van der Waals surface area contributed by atoms with Crippen LogP contribution in [0.25, 0.3) is 6.08 Å². The van der Waals surface area contributed by atoms with Gasteiger partial charge in [-0.2, -0.15) is 0 Å². The van der Waals surface area contributed by atoms with E-state index in [9.17, 15) is 4.79 Å². The normalized spacial score (nSPS) is 23.7. The fourth-order valence-electron chi connectivity index (χ4n) is 2.39. The lowest BCUT2D eigenvalue weighted by molar-refractivity contribution is -0.131. The van der Waals surface area contributed by atoms with Gasteiger partial charge in [-0.15, -0.1) is 11.3 Å². The maximum atomic E-state index is 10.6. The van der Waals surface area contributed by atoms with Gasteiger partial charge in [-0.05, 0) is 23.1 Å². The lowest BCUT2D eigenvalue weighted by atomic mass is 10.2. The highest BCUT2D eigenvalue weighted by Gasteiger charge is 2.33. The van der Waals surface area contributed by atoms with Gasteiger partial charge in [-0.3, -0.25) is 4.90 Å². The summed E-state index contributed by atoms with van der Waals surface area (Å²) in [5, 5.41) is 10.7. The van der Waals surface area contributed by atoms with Crippen molar-refractivity contribution in [1.82, 2.24) is 4.90 Å². The average molecular weight is 297 g/mol. The molecule has 1 saturated heterocycles. The Kier molecular flexibility index (Phi) is 5.31. The number of carboxylic acids is 1. The van der Waals surface area contributed by atoms with E-state index in [1.807, 2.05) is 11.4 Å². The molecule has 0 spiro atoms. The van der Waals surface area contributed by atoms with E-state index >= 15 is 0 Å². The van der Waals surface area contributed by atoms with E-state index in [0.717, 1.165) is 30.1 Å². The molecule has 0 bridgehead atoms. The fourth-order valence-corrected chi connectivity index (χ4v) is 3.30. The summed E-state index contributed by atoms with van der Waals surface area (Å²) in [7, 11) is 3.40. The van der Waals surface area contributed by atoms with Crippen molar-refractivity contribution in [1.29, 1.82) is 0 Å². The van der Waals surface area contributed by atoms with Gasteiger partial charge in [0.15, 0.2) is 0 Å². The summed E-state index contributed by atoms with van der Waals surface area (Å²) in [6.45, 7) is 2.45. The highest BCUT2D eigenvalue weighted by Crippen LogP contribution is 2.24. The lowest BCUT2D eigenvalue weighted by Crippen LogP contribution is -2.27. The van der Waals surface area contributed by atoms with Crippen molar-refractivity contribution in [2.45, 2.75) is 18.8 Å². The molecule has 0 saturated carbocycles. The highest BCUT2D eigenvalue weighted by molar-refractivity contribution is 7.10. The second-order valence-corrected chi connectivity index (χ2v) is 5.71. The summed E-state index contributed by atoms with van der Waals surface area (Å²) in [5.41, 5.74) is 0.965. The molecule has 2 heterocycles. The molecule has 6 heteroatoms. The SMILES string of the molecule is COC1CN(Cc2sccc2/C=C/C(=O)O)CC1OC. The second kappa shape index (κ2) is 6.99. The number of nitrogens with zero attached hydrogens (tertiary/aromatic N) is 1. The molecule has 0 radical (unpaired) electrons. The summed E-state index contributed by atoms with van der Waals surface area (Å²) in [6.07, 6.45) is 3.01. The molecule has 1 aromatic rings. The Morgan fingerprint density at radius 1 is 1.45 bits per heavy atom. The third kappa shape index (κ3) is 3.67. The number of thiophene rings is 1. The van der Waals surface area contributed by atoms with Crippen LogP contribution in [-0.4, -0.2) is 55.5 Å². The van der Waals surface area contributed by atoms with Gasteiger partial charge >= 0.3 is 5.97 Å². The van der Waals surface area contributed by atoms with Crippen LogP contribution in [-0.2, 0) is 20.8 Å². The molecule has 110 valence electrons. The predicted molar refractivity (Wildman–Crippen MR) is 77.9 cm³/mol. The molecule has 1 fully saturated rings. The molecule has 0 aromatic carbocycles. The van der Waals surface area contributed by atoms with Crippen molar-refractivity contribution in [3.63, 3.8) is 0 Å². The zero-order valence-electron chi connectivity index (χ0n) is 11.6. The first-order valence-electron chi connectivity index (χ1n) is 6.39. The quantitative estimate of drug-likeness (QED) is 0.810. The molecular formula is C14H19NO4S. The van der Waals surface area contributed by atoms with Crippen molar-refractivity contribution in [3.05, 3.63) is 28.0 Å². The van der Waals surface area contributed by atoms with Crippen LogP contribution in [0.4, 0.5) is 0 Å². The minimum Gasteiger partial charge on any atom is -0.478 e. The molecular weight excluding hydrogens is 278 g/mol. The van der Waals surface area contributed by atoms with Crippen LogP contribution in [0.3, 0.4) is 0 Å². The standard InChI is InChI=1S/C14H19NO4S/c1-18-11-7-15(8-12(11)19-2)9-13-10(5-6-20-13)3-4-14(16)17/h3-6,11-12H,7-9H2,1-2H3,(H,16,17)/b4-3+. The van der Waals surface area contributed by atoms with E-state index in [4.69, 9.17) is 14.6 Å². The van der Waals surface area contributed by atoms with E-state index in [0.29, 0.717) is 0 Å². The molecule has 1 aliphatic rings. The van der Waals surface area contributed by atoms with Crippen LogP contribution in [0.5, 0.6) is 0 Å². The van der Waals surface area contributed by atoms with Gasteiger partial charge in [-0.1, -0.05) is 0 Å². The first-order chi connectivity index (χ1) is 9.63. The van der Waals surface area contributed by atoms with Gasteiger partial charge in [0.1, 0.15) is 0 Å². The van der Waals surface area contributed by atoms with E-state index in [1.165, 1.54) is 6.08 Å². The molecule has 0 aliphatic carbocycles. The van der Waals surface area contributed by atoms with E-state index in [1.54, 1.807) is 31.6 Å². The molecule has 2 unspecified atom stereocenters. The molecule has 2 rings (SSSR count). The van der Waals surface area contributed by atoms with Gasteiger partial charge in [0, 0.05) is 44.8 Å². The smallest absolute Gasteiger partial charge is 0.328 e. The predicted octanol–water partition coefficient (Wildman–Crippen LogP) is 1.69. The van der Waals surface area contributed by atoms with Crippen LogP contribution in [0, 0.1) is 0 Å².